The van der Waals surface area contributed by atoms with Crippen molar-refractivity contribution in [2.45, 2.75) is 19.9 Å². The first-order chi connectivity index (χ1) is 9.19. The average Bonchev–Trinajstić information content (AvgIpc) is 2.79. The van der Waals surface area contributed by atoms with Gasteiger partial charge < -0.3 is 16.4 Å². The molecule has 2 aromatic heterocycles. The number of nitrogen functional groups attached to an aromatic ring is 1. The Kier molecular flexibility index (Phi) is 4.17. The molecule has 102 valence electrons. The van der Waals surface area contributed by atoms with E-state index < -0.39 is 0 Å². The van der Waals surface area contributed by atoms with Gasteiger partial charge in [0.1, 0.15) is 11.6 Å². The third kappa shape index (κ3) is 3.57. The Morgan fingerprint density at radius 2 is 2.00 bits per heavy atom. The summed E-state index contributed by atoms with van der Waals surface area (Å²) < 4.78 is 1.81. The van der Waals surface area contributed by atoms with Crippen molar-refractivity contribution in [2.75, 3.05) is 22.9 Å². The third-order valence-corrected chi connectivity index (χ3v) is 2.67. The van der Waals surface area contributed by atoms with E-state index in [1.807, 2.05) is 23.9 Å². The number of hydrogen-bond acceptors (Lipinski definition) is 6. The summed E-state index contributed by atoms with van der Waals surface area (Å²) in [7, 11) is 1.90. The second-order valence-corrected chi connectivity index (χ2v) is 4.22. The maximum absolute atomic E-state index is 5.69. The molecule has 0 saturated heterocycles. The number of aryl methyl sites for hydroxylation is 1. The summed E-state index contributed by atoms with van der Waals surface area (Å²) >= 11 is 0. The molecule has 0 fully saturated rings. The molecule has 0 aromatic carbocycles. The molecule has 0 unspecified atom stereocenters. The molecule has 19 heavy (non-hydrogen) atoms. The Bertz CT molecular complexity index is 535. The highest BCUT2D eigenvalue weighted by Gasteiger charge is 2.03. The Labute approximate surface area is 112 Å². The molecule has 2 heterocycles. The van der Waals surface area contributed by atoms with E-state index in [1.54, 1.807) is 6.20 Å². The molecule has 2 rings (SSSR count). The number of anilines is 3. The van der Waals surface area contributed by atoms with Crippen LogP contribution >= 0.6 is 0 Å². The highest BCUT2D eigenvalue weighted by molar-refractivity contribution is 5.51. The summed E-state index contributed by atoms with van der Waals surface area (Å²) in [5.41, 5.74) is 6.76. The van der Waals surface area contributed by atoms with Gasteiger partial charge in [-0.2, -0.15) is 15.1 Å². The lowest BCUT2D eigenvalue weighted by Crippen LogP contribution is -2.10. The molecule has 0 atom stereocenters. The number of nitrogens with zero attached hydrogens (tertiary/aromatic N) is 4. The number of nitrogens with one attached hydrogen (secondary N) is 2. The summed E-state index contributed by atoms with van der Waals surface area (Å²) in [6, 6.07) is 3.80. The van der Waals surface area contributed by atoms with Crippen LogP contribution in [0.15, 0.2) is 18.3 Å². The molecule has 4 N–H and O–H groups in total. The number of hydrogen-bond donors (Lipinski definition) is 3. The zero-order chi connectivity index (χ0) is 13.7. The lowest BCUT2D eigenvalue weighted by atomic mass is 10.4. The van der Waals surface area contributed by atoms with Crippen molar-refractivity contribution >= 4 is 17.6 Å². The first kappa shape index (κ1) is 13.1. The van der Waals surface area contributed by atoms with E-state index in [1.165, 1.54) is 0 Å². The van der Waals surface area contributed by atoms with Crippen LogP contribution in [0.25, 0.3) is 0 Å². The van der Waals surface area contributed by atoms with E-state index in [0.29, 0.717) is 12.4 Å². The molecule has 0 aliphatic heterocycles. The highest BCUT2D eigenvalue weighted by Crippen LogP contribution is 2.13. The van der Waals surface area contributed by atoms with Crippen molar-refractivity contribution in [1.29, 1.82) is 0 Å². The van der Waals surface area contributed by atoms with E-state index in [2.05, 4.69) is 32.6 Å². The van der Waals surface area contributed by atoms with Gasteiger partial charge in [0, 0.05) is 25.9 Å². The topological polar surface area (TPSA) is 93.7 Å². The Hall–Kier alpha value is -2.31. The molecule has 7 nitrogen and oxygen atoms in total. The van der Waals surface area contributed by atoms with Crippen LogP contribution < -0.4 is 16.4 Å². The van der Waals surface area contributed by atoms with Gasteiger partial charge in [-0.05, 0) is 12.5 Å². The summed E-state index contributed by atoms with van der Waals surface area (Å²) in [6.45, 7) is 3.59. The minimum Gasteiger partial charge on any atom is -0.370 e. The molecule has 2 aromatic rings. The predicted octanol–water partition coefficient (Wildman–Crippen LogP) is 1.23. The van der Waals surface area contributed by atoms with Crippen molar-refractivity contribution in [3.05, 3.63) is 24.0 Å². The van der Waals surface area contributed by atoms with E-state index in [9.17, 15) is 0 Å². The van der Waals surface area contributed by atoms with Crippen LogP contribution in [0.3, 0.4) is 0 Å². The third-order valence-electron chi connectivity index (χ3n) is 2.67. The van der Waals surface area contributed by atoms with Gasteiger partial charge in [0.25, 0.3) is 0 Å². The predicted molar refractivity (Wildman–Crippen MR) is 75.8 cm³/mol. The van der Waals surface area contributed by atoms with E-state index in [0.717, 1.165) is 24.5 Å². The number of aromatic nitrogens is 4. The standard InChI is InChI=1S/C12H19N7/c1-3-5-14-10-7-11(18-12(13)17-10)15-8-9-4-6-16-19(9)2/h4,6-7H,3,5,8H2,1-2H3,(H4,13,14,15,17,18). The van der Waals surface area contributed by atoms with E-state index in [-0.39, 0.29) is 5.95 Å². The van der Waals surface area contributed by atoms with Gasteiger partial charge in [-0.1, -0.05) is 6.92 Å². The first-order valence-electron chi connectivity index (χ1n) is 6.28. The number of nitrogens with two attached hydrogens (primary N) is 1. The average molecular weight is 261 g/mol. The fraction of sp³-hybridized carbons (Fsp3) is 0.417. The normalized spacial score (nSPS) is 10.4. The Morgan fingerprint density at radius 3 is 2.63 bits per heavy atom. The molecule has 0 amide bonds. The van der Waals surface area contributed by atoms with Gasteiger partial charge in [-0.25, -0.2) is 0 Å². The van der Waals surface area contributed by atoms with Crippen molar-refractivity contribution < 1.29 is 0 Å². The zero-order valence-corrected chi connectivity index (χ0v) is 11.2. The zero-order valence-electron chi connectivity index (χ0n) is 11.2. The van der Waals surface area contributed by atoms with Crippen LogP contribution in [0.4, 0.5) is 17.6 Å². The quantitative estimate of drug-likeness (QED) is 0.724. The largest absolute Gasteiger partial charge is 0.370 e. The van der Waals surface area contributed by atoms with Crippen molar-refractivity contribution in [1.82, 2.24) is 19.7 Å². The summed E-state index contributed by atoms with van der Waals surface area (Å²) in [5.74, 6) is 1.70. The second kappa shape index (κ2) is 6.03. The SMILES string of the molecule is CCCNc1cc(NCc2ccnn2C)nc(N)n1. The van der Waals surface area contributed by atoms with Crippen molar-refractivity contribution in [3.63, 3.8) is 0 Å². The fourth-order valence-electron chi connectivity index (χ4n) is 1.66. The summed E-state index contributed by atoms with van der Waals surface area (Å²) in [4.78, 5) is 8.29. The fourth-order valence-corrected chi connectivity index (χ4v) is 1.66. The molecule has 7 heteroatoms. The molecular weight excluding hydrogens is 242 g/mol. The first-order valence-corrected chi connectivity index (χ1v) is 6.28. The van der Waals surface area contributed by atoms with Crippen LogP contribution in [0, 0.1) is 0 Å². The van der Waals surface area contributed by atoms with Crippen molar-refractivity contribution in [3.8, 4) is 0 Å². The monoisotopic (exact) mass is 261 g/mol. The summed E-state index contributed by atoms with van der Waals surface area (Å²) in [5, 5.41) is 10.5. The molecular formula is C12H19N7. The summed E-state index contributed by atoms with van der Waals surface area (Å²) in [6.07, 6.45) is 2.79. The van der Waals surface area contributed by atoms with Gasteiger partial charge in [-0.3, -0.25) is 4.68 Å². The molecule has 0 aliphatic rings. The van der Waals surface area contributed by atoms with Crippen LogP contribution in [0.2, 0.25) is 0 Å². The highest BCUT2D eigenvalue weighted by atomic mass is 15.3. The lowest BCUT2D eigenvalue weighted by Gasteiger charge is -2.09. The van der Waals surface area contributed by atoms with E-state index >= 15 is 0 Å². The Morgan fingerprint density at radius 1 is 1.26 bits per heavy atom. The molecule has 0 saturated carbocycles. The van der Waals surface area contributed by atoms with Gasteiger partial charge in [-0.15, -0.1) is 0 Å². The lowest BCUT2D eigenvalue weighted by molar-refractivity contribution is 0.720. The van der Waals surface area contributed by atoms with Crippen molar-refractivity contribution in [2.24, 2.45) is 7.05 Å². The maximum Gasteiger partial charge on any atom is 0.223 e. The van der Waals surface area contributed by atoms with Crippen LogP contribution in [-0.2, 0) is 13.6 Å². The van der Waals surface area contributed by atoms with Gasteiger partial charge in [0.05, 0.1) is 12.2 Å². The van der Waals surface area contributed by atoms with Crippen LogP contribution in [0.5, 0.6) is 0 Å². The van der Waals surface area contributed by atoms with Gasteiger partial charge >= 0.3 is 0 Å². The second-order valence-electron chi connectivity index (χ2n) is 4.22. The molecule has 0 spiro atoms. The molecule has 0 aliphatic carbocycles. The Balaban J connectivity index is 2.03. The smallest absolute Gasteiger partial charge is 0.223 e. The minimum absolute atomic E-state index is 0.258. The van der Waals surface area contributed by atoms with Gasteiger partial charge in [0.2, 0.25) is 5.95 Å². The molecule has 0 radical (unpaired) electrons. The maximum atomic E-state index is 5.69. The van der Waals surface area contributed by atoms with Gasteiger partial charge in [0.15, 0.2) is 0 Å². The molecule has 0 bridgehead atoms. The van der Waals surface area contributed by atoms with Crippen LogP contribution in [0.1, 0.15) is 19.0 Å². The van der Waals surface area contributed by atoms with Crippen LogP contribution in [-0.4, -0.2) is 26.3 Å². The van der Waals surface area contributed by atoms with E-state index in [4.69, 9.17) is 5.73 Å². The number of rotatable bonds is 6. The minimum atomic E-state index is 0.258.